The fourth-order valence-electron chi connectivity index (χ4n) is 1.79. The lowest BCUT2D eigenvalue weighted by Gasteiger charge is -2.17. The molecule has 0 spiro atoms. The standard InChI is InChI=1S/C13H15N3OS/c14-5-1-6-15-7-4-10-2-3-12-11(8-10)16-13(17)9-18-12/h2-3,8,15H,1,4,6-7,9H2,(H,16,17). The Morgan fingerprint density at radius 1 is 1.44 bits per heavy atom. The van der Waals surface area contributed by atoms with Crippen LogP contribution in [0.4, 0.5) is 5.69 Å². The first-order valence-corrected chi connectivity index (χ1v) is 6.91. The van der Waals surface area contributed by atoms with Gasteiger partial charge in [-0.1, -0.05) is 6.07 Å². The number of amides is 1. The highest BCUT2D eigenvalue weighted by Gasteiger charge is 2.14. The molecule has 18 heavy (non-hydrogen) atoms. The Balaban J connectivity index is 1.88. The molecule has 1 aromatic carbocycles. The van der Waals surface area contributed by atoms with Crippen LogP contribution in [0.25, 0.3) is 0 Å². The van der Waals surface area contributed by atoms with Crippen LogP contribution in [-0.2, 0) is 11.2 Å². The van der Waals surface area contributed by atoms with Crippen LogP contribution < -0.4 is 10.6 Å². The molecule has 0 saturated carbocycles. The summed E-state index contributed by atoms with van der Waals surface area (Å²) in [6.45, 7) is 1.58. The third-order valence-corrected chi connectivity index (χ3v) is 3.75. The van der Waals surface area contributed by atoms with Crippen molar-refractivity contribution < 1.29 is 4.79 Å². The second kappa shape index (κ2) is 6.43. The molecule has 2 N–H and O–H groups in total. The Hall–Kier alpha value is -1.51. The molecule has 0 bridgehead atoms. The molecular formula is C13H15N3OS. The zero-order valence-electron chi connectivity index (χ0n) is 10.0. The third-order valence-electron chi connectivity index (χ3n) is 2.68. The summed E-state index contributed by atoms with van der Waals surface area (Å²) >= 11 is 1.58. The summed E-state index contributed by atoms with van der Waals surface area (Å²) in [5, 5.41) is 14.5. The number of carbonyl (C=O) groups is 1. The SMILES string of the molecule is N#CCCNCCc1ccc2c(c1)NC(=O)CS2. The maximum atomic E-state index is 11.3. The van der Waals surface area contributed by atoms with Gasteiger partial charge in [0.05, 0.1) is 17.5 Å². The molecule has 2 rings (SSSR count). The van der Waals surface area contributed by atoms with E-state index in [2.05, 4.69) is 28.8 Å². The van der Waals surface area contributed by atoms with Crippen molar-refractivity contribution in [3.63, 3.8) is 0 Å². The molecule has 0 radical (unpaired) electrons. The summed E-state index contributed by atoms with van der Waals surface area (Å²) in [4.78, 5) is 12.4. The van der Waals surface area contributed by atoms with Gasteiger partial charge in [0.1, 0.15) is 0 Å². The van der Waals surface area contributed by atoms with Crippen LogP contribution in [-0.4, -0.2) is 24.7 Å². The fraction of sp³-hybridized carbons (Fsp3) is 0.385. The van der Waals surface area contributed by atoms with E-state index in [9.17, 15) is 4.79 Å². The molecule has 94 valence electrons. The van der Waals surface area contributed by atoms with Crippen LogP contribution >= 0.6 is 11.8 Å². The van der Waals surface area contributed by atoms with E-state index in [1.54, 1.807) is 11.8 Å². The van der Waals surface area contributed by atoms with Gasteiger partial charge in [-0.15, -0.1) is 11.8 Å². The van der Waals surface area contributed by atoms with Crippen molar-refractivity contribution in [1.82, 2.24) is 5.32 Å². The molecular weight excluding hydrogens is 246 g/mol. The van der Waals surface area contributed by atoms with E-state index in [0.29, 0.717) is 12.2 Å². The van der Waals surface area contributed by atoms with Crippen LogP contribution in [0.2, 0.25) is 0 Å². The Kier molecular flexibility index (Phi) is 4.62. The van der Waals surface area contributed by atoms with Crippen molar-refractivity contribution >= 4 is 23.4 Å². The summed E-state index contributed by atoms with van der Waals surface area (Å²) in [6.07, 6.45) is 1.44. The second-order valence-electron chi connectivity index (χ2n) is 4.08. The normalized spacial score (nSPS) is 13.6. The highest BCUT2D eigenvalue weighted by molar-refractivity contribution is 8.00. The van der Waals surface area contributed by atoms with Crippen LogP contribution in [0.1, 0.15) is 12.0 Å². The smallest absolute Gasteiger partial charge is 0.234 e. The highest BCUT2D eigenvalue weighted by atomic mass is 32.2. The van der Waals surface area contributed by atoms with Crippen LogP contribution in [0.15, 0.2) is 23.1 Å². The number of hydrogen-bond donors (Lipinski definition) is 2. The lowest BCUT2D eigenvalue weighted by atomic mass is 10.1. The van der Waals surface area contributed by atoms with Crippen molar-refractivity contribution in [2.75, 3.05) is 24.2 Å². The number of nitrogens with zero attached hydrogens (tertiary/aromatic N) is 1. The predicted molar refractivity (Wildman–Crippen MR) is 72.6 cm³/mol. The van der Waals surface area contributed by atoms with E-state index < -0.39 is 0 Å². The molecule has 0 aliphatic carbocycles. The number of anilines is 1. The Morgan fingerprint density at radius 2 is 2.33 bits per heavy atom. The third kappa shape index (κ3) is 3.49. The zero-order chi connectivity index (χ0) is 12.8. The van der Waals surface area contributed by atoms with Gasteiger partial charge in [-0.3, -0.25) is 4.79 Å². The first kappa shape index (κ1) is 12.9. The fourth-order valence-corrected chi connectivity index (χ4v) is 2.58. The van der Waals surface area contributed by atoms with Crippen molar-refractivity contribution in [3.8, 4) is 6.07 Å². The molecule has 4 nitrogen and oxygen atoms in total. The molecule has 0 atom stereocenters. The van der Waals surface area contributed by atoms with E-state index in [4.69, 9.17) is 5.26 Å². The summed E-state index contributed by atoms with van der Waals surface area (Å²) in [5.74, 6) is 0.569. The molecule has 1 heterocycles. The number of nitrogens with one attached hydrogen (secondary N) is 2. The lowest BCUT2D eigenvalue weighted by Crippen LogP contribution is -2.20. The largest absolute Gasteiger partial charge is 0.324 e. The average molecular weight is 261 g/mol. The maximum absolute atomic E-state index is 11.3. The van der Waals surface area contributed by atoms with Gasteiger partial charge in [0.2, 0.25) is 5.91 Å². The van der Waals surface area contributed by atoms with Gasteiger partial charge in [0.15, 0.2) is 0 Å². The number of hydrogen-bond acceptors (Lipinski definition) is 4. The molecule has 1 aromatic rings. The minimum absolute atomic E-state index is 0.0665. The molecule has 0 fully saturated rings. The van der Waals surface area contributed by atoms with Crippen LogP contribution in [0, 0.1) is 11.3 Å². The number of thioether (sulfide) groups is 1. The molecule has 0 saturated heterocycles. The first-order valence-electron chi connectivity index (χ1n) is 5.93. The van der Waals surface area contributed by atoms with Crippen molar-refractivity contribution in [2.24, 2.45) is 0 Å². The van der Waals surface area contributed by atoms with Crippen molar-refractivity contribution in [2.45, 2.75) is 17.7 Å². The molecule has 0 unspecified atom stereocenters. The summed E-state index contributed by atoms with van der Waals surface area (Å²) in [6, 6.07) is 8.28. The summed E-state index contributed by atoms with van der Waals surface area (Å²) in [7, 11) is 0. The van der Waals surface area contributed by atoms with Gasteiger partial charge >= 0.3 is 0 Å². The average Bonchev–Trinajstić information content (AvgIpc) is 2.38. The topological polar surface area (TPSA) is 64.9 Å². The first-order chi connectivity index (χ1) is 8.79. The number of rotatable bonds is 5. The maximum Gasteiger partial charge on any atom is 0.234 e. The summed E-state index contributed by atoms with van der Waals surface area (Å²) in [5.41, 5.74) is 2.12. The molecule has 1 aliphatic rings. The Labute approximate surface area is 111 Å². The van der Waals surface area contributed by atoms with E-state index in [1.165, 1.54) is 5.56 Å². The quantitative estimate of drug-likeness (QED) is 0.793. The monoisotopic (exact) mass is 261 g/mol. The van der Waals surface area contributed by atoms with E-state index in [0.717, 1.165) is 30.1 Å². The number of fused-ring (bicyclic) bond motifs is 1. The van der Waals surface area contributed by atoms with Gasteiger partial charge in [0, 0.05) is 17.9 Å². The van der Waals surface area contributed by atoms with Gasteiger partial charge < -0.3 is 10.6 Å². The van der Waals surface area contributed by atoms with E-state index in [1.807, 2.05) is 6.07 Å². The number of benzene rings is 1. The molecule has 1 aliphatic heterocycles. The van der Waals surface area contributed by atoms with E-state index >= 15 is 0 Å². The number of nitriles is 1. The minimum Gasteiger partial charge on any atom is -0.324 e. The van der Waals surface area contributed by atoms with Crippen LogP contribution in [0.5, 0.6) is 0 Å². The summed E-state index contributed by atoms with van der Waals surface area (Å²) < 4.78 is 0. The minimum atomic E-state index is 0.0665. The molecule has 0 aromatic heterocycles. The second-order valence-corrected chi connectivity index (χ2v) is 5.09. The van der Waals surface area contributed by atoms with Gasteiger partial charge in [-0.2, -0.15) is 5.26 Å². The van der Waals surface area contributed by atoms with Gasteiger partial charge in [-0.25, -0.2) is 0 Å². The van der Waals surface area contributed by atoms with Crippen LogP contribution in [0.3, 0.4) is 0 Å². The predicted octanol–water partition coefficient (Wildman–Crippen LogP) is 1.78. The van der Waals surface area contributed by atoms with Gasteiger partial charge in [-0.05, 0) is 30.7 Å². The van der Waals surface area contributed by atoms with E-state index in [-0.39, 0.29) is 5.91 Å². The lowest BCUT2D eigenvalue weighted by molar-refractivity contribution is -0.113. The zero-order valence-corrected chi connectivity index (χ0v) is 10.8. The van der Waals surface area contributed by atoms with Gasteiger partial charge in [0.25, 0.3) is 0 Å². The van der Waals surface area contributed by atoms with Crippen molar-refractivity contribution in [3.05, 3.63) is 23.8 Å². The highest BCUT2D eigenvalue weighted by Crippen LogP contribution is 2.31. The number of carbonyl (C=O) groups excluding carboxylic acids is 1. The Morgan fingerprint density at radius 3 is 3.17 bits per heavy atom. The molecule has 1 amide bonds. The Bertz CT molecular complexity index is 482. The molecule has 5 heteroatoms. The van der Waals surface area contributed by atoms with Crippen molar-refractivity contribution in [1.29, 1.82) is 5.26 Å².